The number of hydrogen-bond acceptors (Lipinski definition) is 0. The van der Waals surface area contributed by atoms with Crippen molar-refractivity contribution >= 4 is 15.9 Å². The normalized spacial score (nSPS) is 12.4. The summed E-state index contributed by atoms with van der Waals surface area (Å²) in [7, 11) is 0. The molecule has 0 nitrogen and oxygen atoms in total. The van der Waals surface area contributed by atoms with E-state index in [1.807, 2.05) is 0 Å². The van der Waals surface area contributed by atoms with Crippen LogP contribution in [0, 0.1) is 20.8 Å². The summed E-state index contributed by atoms with van der Waals surface area (Å²) in [6, 6.07) is 15.3. The lowest BCUT2D eigenvalue weighted by Crippen LogP contribution is -2.00. The molecule has 0 heterocycles. The highest BCUT2D eigenvalue weighted by Crippen LogP contribution is 2.31. The molecule has 1 unspecified atom stereocenters. The zero-order valence-electron chi connectivity index (χ0n) is 11.2. The lowest BCUT2D eigenvalue weighted by atomic mass is 9.96. The van der Waals surface area contributed by atoms with Crippen molar-refractivity contribution in [3.05, 3.63) is 70.3 Å². The van der Waals surface area contributed by atoms with Crippen molar-refractivity contribution in [3.63, 3.8) is 0 Å². The minimum absolute atomic E-state index is 0.390. The summed E-state index contributed by atoms with van der Waals surface area (Å²) >= 11 is 3.84. The molecule has 0 spiro atoms. The first-order valence-electron chi connectivity index (χ1n) is 6.33. The second-order valence-electron chi connectivity index (χ2n) is 4.96. The molecule has 0 aromatic heterocycles. The van der Waals surface area contributed by atoms with Gasteiger partial charge in [0.2, 0.25) is 0 Å². The highest BCUT2D eigenvalue weighted by atomic mass is 79.9. The van der Waals surface area contributed by atoms with E-state index in [-0.39, 0.29) is 0 Å². The van der Waals surface area contributed by atoms with Gasteiger partial charge in [0.1, 0.15) is 0 Å². The van der Waals surface area contributed by atoms with Gasteiger partial charge in [0.15, 0.2) is 0 Å². The van der Waals surface area contributed by atoms with E-state index in [1.54, 1.807) is 0 Å². The number of hydrogen-bond donors (Lipinski definition) is 0. The summed E-state index contributed by atoms with van der Waals surface area (Å²) < 4.78 is 0. The fourth-order valence-corrected chi connectivity index (χ4v) is 3.45. The zero-order valence-corrected chi connectivity index (χ0v) is 12.8. The number of alkyl halides is 1. The molecule has 0 aliphatic rings. The SMILES string of the molecule is Cc1ccc(CC(Br)c2c(C)cccc2C)cc1. The maximum absolute atomic E-state index is 3.84. The van der Waals surface area contributed by atoms with Crippen LogP contribution in [-0.2, 0) is 6.42 Å². The molecular formula is C17H19Br. The third-order valence-corrected chi connectivity index (χ3v) is 4.17. The van der Waals surface area contributed by atoms with Gasteiger partial charge in [0, 0.05) is 4.83 Å². The summed E-state index contributed by atoms with van der Waals surface area (Å²) in [5.41, 5.74) is 6.85. The fourth-order valence-electron chi connectivity index (χ4n) is 2.35. The summed E-state index contributed by atoms with van der Waals surface area (Å²) in [4.78, 5) is 0.390. The largest absolute Gasteiger partial charge is 0.0835 e. The van der Waals surface area contributed by atoms with Gasteiger partial charge in [-0.3, -0.25) is 0 Å². The van der Waals surface area contributed by atoms with Crippen molar-refractivity contribution in [2.75, 3.05) is 0 Å². The van der Waals surface area contributed by atoms with Crippen LogP contribution in [-0.4, -0.2) is 0 Å². The van der Waals surface area contributed by atoms with Gasteiger partial charge in [-0.25, -0.2) is 0 Å². The van der Waals surface area contributed by atoms with Crippen molar-refractivity contribution in [3.8, 4) is 0 Å². The van der Waals surface area contributed by atoms with Gasteiger partial charge in [0.25, 0.3) is 0 Å². The van der Waals surface area contributed by atoms with Gasteiger partial charge in [-0.05, 0) is 49.4 Å². The van der Waals surface area contributed by atoms with E-state index in [4.69, 9.17) is 0 Å². The Balaban J connectivity index is 2.22. The zero-order chi connectivity index (χ0) is 13.1. The highest BCUT2D eigenvalue weighted by molar-refractivity contribution is 9.09. The first-order valence-corrected chi connectivity index (χ1v) is 7.25. The van der Waals surface area contributed by atoms with Crippen LogP contribution in [0.25, 0.3) is 0 Å². The van der Waals surface area contributed by atoms with Crippen LogP contribution in [0.15, 0.2) is 42.5 Å². The molecule has 1 atom stereocenters. The Morgan fingerprint density at radius 3 is 2.00 bits per heavy atom. The molecule has 18 heavy (non-hydrogen) atoms. The quantitative estimate of drug-likeness (QED) is 0.676. The van der Waals surface area contributed by atoms with E-state index in [9.17, 15) is 0 Å². The molecule has 1 heteroatoms. The average Bonchev–Trinajstić information content (AvgIpc) is 2.32. The molecule has 0 amide bonds. The first-order chi connectivity index (χ1) is 8.58. The van der Waals surface area contributed by atoms with Crippen LogP contribution < -0.4 is 0 Å². The van der Waals surface area contributed by atoms with Crippen LogP contribution in [0.3, 0.4) is 0 Å². The molecule has 0 aliphatic heterocycles. The van der Waals surface area contributed by atoms with Crippen LogP contribution in [0.5, 0.6) is 0 Å². The second kappa shape index (κ2) is 5.71. The molecule has 94 valence electrons. The predicted octanol–water partition coefficient (Wildman–Crippen LogP) is 5.29. The Morgan fingerprint density at radius 2 is 1.44 bits per heavy atom. The topological polar surface area (TPSA) is 0 Å². The van der Waals surface area contributed by atoms with Gasteiger partial charge in [-0.2, -0.15) is 0 Å². The Morgan fingerprint density at radius 1 is 0.889 bits per heavy atom. The van der Waals surface area contributed by atoms with E-state index in [0.29, 0.717) is 4.83 Å². The Bertz CT molecular complexity index is 506. The lowest BCUT2D eigenvalue weighted by Gasteiger charge is -2.16. The van der Waals surface area contributed by atoms with Crippen LogP contribution >= 0.6 is 15.9 Å². The minimum Gasteiger partial charge on any atom is -0.0835 e. The van der Waals surface area contributed by atoms with E-state index in [2.05, 4.69) is 79.2 Å². The summed E-state index contributed by atoms with van der Waals surface area (Å²) in [6.07, 6.45) is 1.03. The number of rotatable bonds is 3. The van der Waals surface area contributed by atoms with E-state index in [1.165, 1.54) is 27.8 Å². The van der Waals surface area contributed by atoms with Crippen molar-refractivity contribution in [2.24, 2.45) is 0 Å². The third-order valence-electron chi connectivity index (χ3n) is 3.39. The predicted molar refractivity (Wildman–Crippen MR) is 82.5 cm³/mol. The molecule has 0 fully saturated rings. The Hall–Kier alpha value is -1.08. The molecule has 0 saturated carbocycles. The fraction of sp³-hybridized carbons (Fsp3) is 0.294. The molecule has 2 rings (SSSR count). The molecule has 2 aromatic carbocycles. The van der Waals surface area contributed by atoms with E-state index >= 15 is 0 Å². The monoisotopic (exact) mass is 302 g/mol. The average molecular weight is 303 g/mol. The molecule has 0 aliphatic carbocycles. The molecule has 0 radical (unpaired) electrons. The second-order valence-corrected chi connectivity index (χ2v) is 6.07. The number of halogens is 1. The van der Waals surface area contributed by atoms with Gasteiger partial charge < -0.3 is 0 Å². The smallest absolute Gasteiger partial charge is 0.0440 e. The molecule has 0 bridgehead atoms. The van der Waals surface area contributed by atoms with Crippen molar-refractivity contribution < 1.29 is 0 Å². The molecule has 2 aromatic rings. The van der Waals surface area contributed by atoms with Crippen molar-refractivity contribution in [1.82, 2.24) is 0 Å². The standard InChI is InChI=1S/C17H19Br/c1-12-7-9-15(10-8-12)11-16(18)17-13(2)5-4-6-14(17)3/h4-10,16H,11H2,1-3H3. The summed E-state index contributed by atoms with van der Waals surface area (Å²) in [5, 5.41) is 0. The highest BCUT2D eigenvalue weighted by Gasteiger charge is 2.13. The summed E-state index contributed by atoms with van der Waals surface area (Å²) in [6.45, 7) is 6.50. The van der Waals surface area contributed by atoms with Gasteiger partial charge in [0.05, 0.1) is 0 Å². The molecule has 0 N–H and O–H groups in total. The third kappa shape index (κ3) is 3.02. The van der Waals surface area contributed by atoms with Crippen LogP contribution in [0.1, 0.15) is 32.6 Å². The van der Waals surface area contributed by atoms with Gasteiger partial charge in [-0.15, -0.1) is 0 Å². The van der Waals surface area contributed by atoms with Crippen molar-refractivity contribution in [2.45, 2.75) is 32.0 Å². The Kier molecular flexibility index (Phi) is 4.23. The van der Waals surface area contributed by atoms with Crippen molar-refractivity contribution in [1.29, 1.82) is 0 Å². The Labute approximate surface area is 118 Å². The summed E-state index contributed by atoms with van der Waals surface area (Å²) in [5.74, 6) is 0. The maximum Gasteiger partial charge on any atom is 0.0440 e. The van der Waals surface area contributed by atoms with Gasteiger partial charge in [-0.1, -0.05) is 64.0 Å². The molecular weight excluding hydrogens is 284 g/mol. The van der Waals surface area contributed by atoms with Crippen LogP contribution in [0.4, 0.5) is 0 Å². The van der Waals surface area contributed by atoms with E-state index < -0.39 is 0 Å². The minimum atomic E-state index is 0.390. The number of aryl methyl sites for hydroxylation is 3. The van der Waals surface area contributed by atoms with E-state index in [0.717, 1.165) is 6.42 Å². The number of benzene rings is 2. The first kappa shape index (κ1) is 13.4. The lowest BCUT2D eigenvalue weighted by molar-refractivity contribution is 0.926. The maximum atomic E-state index is 3.84. The van der Waals surface area contributed by atoms with Gasteiger partial charge >= 0.3 is 0 Å². The van der Waals surface area contributed by atoms with Crippen LogP contribution in [0.2, 0.25) is 0 Å². The molecule has 0 saturated heterocycles.